The van der Waals surface area contributed by atoms with Gasteiger partial charge in [-0.1, -0.05) is 11.3 Å². The number of methoxy groups -OCH3 is 1. The van der Waals surface area contributed by atoms with Gasteiger partial charge in [0.05, 0.1) is 13.2 Å². The number of hydrazine groups is 1. The van der Waals surface area contributed by atoms with E-state index in [1.54, 1.807) is 7.11 Å². The molecule has 0 aliphatic heterocycles. The molecule has 1 aromatic heterocycles. The van der Waals surface area contributed by atoms with Crippen LogP contribution in [0.4, 0.5) is 5.13 Å². The van der Waals surface area contributed by atoms with Crippen molar-refractivity contribution in [3.8, 4) is 0 Å². The number of nitrogen functional groups attached to an aromatic ring is 1. The smallest absolute Gasteiger partial charge is 0.219 e. The van der Waals surface area contributed by atoms with Gasteiger partial charge in [-0.05, 0) is 13.8 Å². The van der Waals surface area contributed by atoms with Crippen LogP contribution in [0.3, 0.4) is 0 Å². The van der Waals surface area contributed by atoms with E-state index in [9.17, 15) is 0 Å². The van der Waals surface area contributed by atoms with Crippen LogP contribution in [-0.4, -0.2) is 41.4 Å². The first-order valence-corrected chi connectivity index (χ1v) is 6.01. The summed E-state index contributed by atoms with van der Waals surface area (Å²) >= 11 is 1.47. The molecule has 1 heterocycles. The molecule has 1 aromatic rings. The fraction of sp³-hybridized carbons (Fsp3) is 0.778. The lowest BCUT2D eigenvalue weighted by Crippen LogP contribution is -2.33. The average Bonchev–Trinajstić information content (AvgIpc) is 2.71. The van der Waals surface area contributed by atoms with Crippen molar-refractivity contribution in [2.45, 2.75) is 26.4 Å². The van der Waals surface area contributed by atoms with E-state index < -0.39 is 0 Å². The summed E-state index contributed by atoms with van der Waals surface area (Å²) in [6.07, 6.45) is 0. The summed E-state index contributed by atoms with van der Waals surface area (Å²) in [7, 11) is 1.71. The van der Waals surface area contributed by atoms with Gasteiger partial charge >= 0.3 is 0 Å². The lowest BCUT2D eigenvalue weighted by atomic mass is 10.3. The van der Waals surface area contributed by atoms with Gasteiger partial charge in [0, 0.05) is 19.7 Å². The maximum absolute atomic E-state index is 5.26. The number of nitrogens with two attached hydrogens (primary N) is 1. The van der Waals surface area contributed by atoms with Crippen LogP contribution < -0.4 is 11.3 Å². The second kappa shape index (κ2) is 6.74. The molecule has 6 nitrogen and oxygen atoms in total. The molecule has 16 heavy (non-hydrogen) atoms. The van der Waals surface area contributed by atoms with Crippen LogP contribution in [0.25, 0.3) is 0 Å². The monoisotopic (exact) mass is 245 g/mol. The van der Waals surface area contributed by atoms with E-state index in [2.05, 4.69) is 34.4 Å². The zero-order chi connectivity index (χ0) is 12.0. The third-order valence-electron chi connectivity index (χ3n) is 2.24. The fourth-order valence-electron chi connectivity index (χ4n) is 1.28. The minimum absolute atomic E-state index is 0.452. The minimum atomic E-state index is 0.452. The Labute approximate surface area is 99.8 Å². The molecular weight excluding hydrogens is 226 g/mol. The van der Waals surface area contributed by atoms with Gasteiger partial charge < -0.3 is 4.74 Å². The van der Waals surface area contributed by atoms with E-state index in [4.69, 9.17) is 10.6 Å². The Hall–Kier alpha value is -0.760. The summed E-state index contributed by atoms with van der Waals surface area (Å²) in [4.78, 5) is 2.28. The van der Waals surface area contributed by atoms with Gasteiger partial charge in [-0.3, -0.25) is 10.3 Å². The molecule has 3 N–H and O–H groups in total. The number of rotatable bonds is 7. The first-order valence-electron chi connectivity index (χ1n) is 5.19. The van der Waals surface area contributed by atoms with Crippen molar-refractivity contribution in [1.82, 2.24) is 15.1 Å². The second-order valence-electron chi connectivity index (χ2n) is 3.70. The predicted molar refractivity (Wildman–Crippen MR) is 65.1 cm³/mol. The van der Waals surface area contributed by atoms with Gasteiger partial charge in [-0.25, -0.2) is 5.84 Å². The highest BCUT2D eigenvalue weighted by Crippen LogP contribution is 2.16. The number of nitrogens with one attached hydrogen (secondary N) is 1. The molecule has 0 bridgehead atoms. The summed E-state index contributed by atoms with van der Waals surface area (Å²) in [5, 5.41) is 9.56. The Kier molecular flexibility index (Phi) is 5.61. The van der Waals surface area contributed by atoms with Crippen LogP contribution in [0.15, 0.2) is 0 Å². The van der Waals surface area contributed by atoms with Gasteiger partial charge in [-0.2, -0.15) is 0 Å². The molecule has 0 saturated heterocycles. The molecule has 0 atom stereocenters. The Bertz CT molecular complexity index is 304. The molecule has 0 aliphatic carbocycles. The Morgan fingerprint density at radius 2 is 2.25 bits per heavy atom. The van der Waals surface area contributed by atoms with Crippen LogP contribution in [0.1, 0.15) is 18.9 Å². The number of anilines is 1. The quantitative estimate of drug-likeness (QED) is 0.543. The van der Waals surface area contributed by atoms with Crippen LogP contribution >= 0.6 is 11.3 Å². The third kappa shape index (κ3) is 4.01. The van der Waals surface area contributed by atoms with E-state index in [0.29, 0.717) is 11.2 Å². The van der Waals surface area contributed by atoms with Crippen LogP contribution in [0.5, 0.6) is 0 Å². The maximum atomic E-state index is 5.26. The summed E-state index contributed by atoms with van der Waals surface area (Å²) in [6, 6.07) is 0.452. The van der Waals surface area contributed by atoms with E-state index in [0.717, 1.165) is 24.7 Å². The standard InChI is InChI=1S/C9H19N5OS/c1-7(2)14(4-5-15-3)6-8-12-13-9(11-10)16-8/h7H,4-6,10H2,1-3H3,(H,11,13). The molecule has 0 aromatic carbocycles. The van der Waals surface area contributed by atoms with Crippen molar-refractivity contribution in [2.75, 3.05) is 25.7 Å². The molecule has 0 fully saturated rings. The van der Waals surface area contributed by atoms with E-state index in [1.165, 1.54) is 11.3 Å². The summed E-state index contributed by atoms with van der Waals surface area (Å²) in [6.45, 7) is 6.69. The normalized spacial score (nSPS) is 11.4. The van der Waals surface area contributed by atoms with E-state index in [1.807, 2.05) is 0 Å². The second-order valence-corrected chi connectivity index (χ2v) is 4.76. The molecular formula is C9H19N5OS. The summed E-state index contributed by atoms with van der Waals surface area (Å²) in [5.74, 6) is 5.26. The first kappa shape index (κ1) is 13.3. The maximum Gasteiger partial charge on any atom is 0.219 e. The number of ether oxygens (including phenoxy) is 1. The highest BCUT2D eigenvalue weighted by atomic mass is 32.1. The lowest BCUT2D eigenvalue weighted by molar-refractivity contribution is 0.124. The van der Waals surface area contributed by atoms with Gasteiger partial charge in [0.15, 0.2) is 0 Å². The zero-order valence-electron chi connectivity index (χ0n) is 9.93. The van der Waals surface area contributed by atoms with Crippen molar-refractivity contribution >= 4 is 16.5 Å². The van der Waals surface area contributed by atoms with Gasteiger partial charge in [0.2, 0.25) is 5.13 Å². The molecule has 0 saturated carbocycles. The molecule has 1 rings (SSSR count). The SMILES string of the molecule is COCCN(Cc1nnc(NN)s1)C(C)C. The summed E-state index contributed by atoms with van der Waals surface area (Å²) in [5.41, 5.74) is 2.49. The first-order chi connectivity index (χ1) is 7.67. The number of aromatic nitrogens is 2. The fourth-order valence-corrected chi connectivity index (χ4v) is 1.95. The Morgan fingerprint density at radius 3 is 2.75 bits per heavy atom. The van der Waals surface area contributed by atoms with E-state index >= 15 is 0 Å². The van der Waals surface area contributed by atoms with Crippen molar-refractivity contribution in [3.63, 3.8) is 0 Å². The minimum Gasteiger partial charge on any atom is -0.383 e. The Balaban J connectivity index is 2.53. The van der Waals surface area contributed by atoms with Gasteiger partial charge in [0.1, 0.15) is 5.01 Å². The number of hydrogen-bond acceptors (Lipinski definition) is 7. The molecule has 0 radical (unpaired) electrons. The van der Waals surface area contributed by atoms with E-state index in [-0.39, 0.29) is 0 Å². The van der Waals surface area contributed by atoms with Crippen LogP contribution in [0, 0.1) is 0 Å². The largest absolute Gasteiger partial charge is 0.383 e. The molecule has 0 unspecified atom stereocenters. The third-order valence-corrected chi connectivity index (χ3v) is 3.08. The molecule has 0 amide bonds. The van der Waals surface area contributed by atoms with Crippen molar-refractivity contribution < 1.29 is 4.74 Å². The van der Waals surface area contributed by atoms with Crippen molar-refractivity contribution in [3.05, 3.63) is 5.01 Å². The number of nitrogens with zero attached hydrogens (tertiary/aromatic N) is 3. The molecule has 0 spiro atoms. The summed E-state index contributed by atoms with van der Waals surface area (Å²) < 4.78 is 5.08. The zero-order valence-corrected chi connectivity index (χ0v) is 10.8. The van der Waals surface area contributed by atoms with Crippen molar-refractivity contribution in [1.29, 1.82) is 0 Å². The highest BCUT2D eigenvalue weighted by molar-refractivity contribution is 7.15. The Morgan fingerprint density at radius 1 is 1.50 bits per heavy atom. The highest BCUT2D eigenvalue weighted by Gasteiger charge is 2.12. The predicted octanol–water partition coefficient (Wildman–Crippen LogP) is 0.680. The number of hydrogen-bond donors (Lipinski definition) is 2. The van der Waals surface area contributed by atoms with Crippen LogP contribution in [0.2, 0.25) is 0 Å². The average molecular weight is 245 g/mol. The molecule has 92 valence electrons. The van der Waals surface area contributed by atoms with Crippen molar-refractivity contribution in [2.24, 2.45) is 5.84 Å². The van der Waals surface area contributed by atoms with Crippen LogP contribution in [-0.2, 0) is 11.3 Å². The van der Waals surface area contributed by atoms with Gasteiger partial charge in [0.25, 0.3) is 0 Å². The van der Waals surface area contributed by atoms with Gasteiger partial charge in [-0.15, -0.1) is 10.2 Å². The topological polar surface area (TPSA) is 76.3 Å². The molecule has 0 aliphatic rings. The lowest BCUT2D eigenvalue weighted by Gasteiger charge is -2.24. The molecule has 7 heteroatoms.